The van der Waals surface area contributed by atoms with Crippen molar-refractivity contribution in [1.29, 1.82) is 0 Å². The van der Waals surface area contributed by atoms with Gasteiger partial charge in [0.25, 0.3) is 11.6 Å². The lowest BCUT2D eigenvalue weighted by Crippen LogP contribution is -2.44. The Balaban J connectivity index is 3.02. The Morgan fingerprint density at radius 3 is 2.65 bits per heavy atom. The van der Waals surface area contributed by atoms with Crippen molar-refractivity contribution in [3.63, 3.8) is 0 Å². The third-order valence-corrected chi connectivity index (χ3v) is 2.04. The second kappa shape index (κ2) is 5.41. The van der Waals surface area contributed by atoms with Gasteiger partial charge in [-0.15, -0.1) is 0 Å². The number of nitrogens with one attached hydrogen (secondary N) is 2. The molecule has 0 heterocycles. The topological polar surface area (TPSA) is 110 Å². The Labute approximate surface area is 106 Å². The van der Waals surface area contributed by atoms with Crippen LogP contribution in [0.15, 0.2) is 18.2 Å². The summed E-state index contributed by atoms with van der Waals surface area (Å²) in [6.45, 7) is 0. The number of halogens is 1. The van der Waals surface area contributed by atoms with Crippen LogP contribution in [0.5, 0.6) is 0 Å². The fourth-order valence-electron chi connectivity index (χ4n) is 1.04. The average Bonchev–Trinajstić information content (AvgIpc) is 2.25. The van der Waals surface area contributed by atoms with Gasteiger partial charge in [0.2, 0.25) is 0 Å². The first-order valence-electron chi connectivity index (χ1n) is 4.21. The summed E-state index contributed by atoms with van der Waals surface area (Å²) in [6, 6.07) is 3.63. The standard InChI is InChI=1S/C8H7ClN4O3S/c9-4-1-2-6(13(15)16)5(3-4)7(14)11-12-8(10)17/h1-3H,(H,11,14)(H3,10,12,17). The number of hydrogen-bond donors (Lipinski definition) is 3. The first-order chi connectivity index (χ1) is 7.91. The Morgan fingerprint density at radius 1 is 1.47 bits per heavy atom. The van der Waals surface area contributed by atoms with Crippen molar-refractivity contribution >= 4 is 40.5 Å². The van der Waals surface area contributed by atoms with Gasteiger partial charge >= 0.3 is 0 Å². The van der Waals surface area contributed by atoms with E-state index in [1.54, 1.807) is 0 Å². The van der Waals surface area contributed by atoms with Gasteiger partial charge in [-0.1, -0.05) is 11.6 Å². The molecule has 4 N–H and O–H groups in total. The molecular weight excluding hydrogens is 268 g/mol. The highest BCUT2D eigenvalue weighted by Crippen LogP contribution is 2.22. The molecule has 7 nitrogen and oxygen atoms in total. The molecule has 0 saturated carbocycles. The van der Waals surface area contributed by atoms with E-state index in [4.69, 9.17) is 17.3 Å². The molecule has 0 unspecified atom stereocenters. The van der Waals surface area contributed by atoms with Crippen LogP contribution in [0.25, 0.3) is 0 Å². The summed E-state index contributed by atoms with van der Waals surface area (Å²) < 4.78 is 0. The molecule has 0 spiro atoms. The number of amides is 1. The highest BCUT2D eigenvalue weighted by atomic mass is 35.5. The summed E-state index contributed by atoms with van der Waals surface area (Å²) in [6.07, 6.45) is 0. The van der Waals surface area contributed by atoms with Crippen LogP contribution < -0.4 is 16.6 Å². The Kier molecular flexibility index (Phi) is 4.18. The second-order valence-electron chi connectivity index (χ2n) is 2.86. The van der Waals surface area contributed by atoms with Gasteiger partial charge in [-0.25, -0.2) is 0 Å². The molecule has 1 rings (SSSR count). The van der Waals surface area contributed by atoms with Gasteiger partial charge in [0, 0.05) is 11.1 Å². The minimum Gasteiger partial charge on any atom is -0.375 e. The molecule has 1 aromatic carbocycles. The van der Waals surface area contributed by atoms with Gasteiger partial charge in [-0.2, -0.15) is 0 Å². The van der Waals surface area contributed by atoms with Crippen molar-refractivity contribution in [3.05, 3.63) is 38.9 Å². The largest absolute Gasteiger partial charge is 0.375 e. The zero-order valence-corrected chi connectivity index (χ0v) is 9.84. The van der Waals surface area contributed by atoms with E-state index >= 15 is 0 Å². The van der Waals surface area contributed by atoms with Gasteiger partial charge < -0.3 is 5.73 Å². The van der Waals surface area contributed by atoms with Crippen LogP contribution in [0.3, 0.4) is 0 Å². The third-order valence-electron chi connectivity index (χ3n) is 1.70. The Bertz CT molecular complexity index is 494. The van der Waals surface area contributed by atoms with E-state index in [9.17, 15) is 14.9 Å². The minimum absolute atomic E-state index is 0.164. The van der Waals surface area contributed by atoms with Crippen molar-refractivity contribution in [3.8, 4) is 0 Å². The number of nitro groups is 1. The predicted molar refractivity (Wildman–Crippen MR) is 65.5 cm³/mol. The van der Waals surface area contributed by atoms with Crippen molar-refractivity contribution in [2.24, 2.45) is 5.73 Å². The van der Waals surface area contributed by atoms with Crippen LogP contribution in [0.1, 0.15) is 10.4 Å². The van der Waals surface area contributed by atoms with E-state index in [0.717, 1.165) is 6.07 Å². The van der Waals surface area contributed by atoms with E-state index in [1.807, 2.05) is 0 Å². The lowest BCUT2D eigenvalue weighted by Gasteiger charge is -2.06. The van der Waals surface area contributed by atoms with Crippen molar-refractivity contribution < 1.29 is 9.72 Å². The summed E-state index contributed by atoms with van der Waals surface area (Å²) in [5.41, 5.74) is 8.82. The van der Waals surface area contributed by atoms with Crippen LogP contribution >= 0.6 is 23.8 Å². The molecule has 90 valence electrons. The van der Waals surface area contributed by atoms with Crippen molar-refractivity contribution in [2.75, 3.05) is 0 Å². The van der Waals surface area contributed by atoms with Crippen LogP contribution in [0.2, 0.25) is 5.02 Å². The summed E-state index contributed by atoms with van der Waals surface area (Å²) in [7, 11) is 0. The fraction of sp³-hybridized carbons (Fsp3) is 0. The van der Waals surface area contributed by atoms with E-state index in [0.29, 0.717) is 0 Å². The normalized spacial score (nSPS) is 9.47. The molecule has 17 heavy (non-hydrogen) atoms. The Morgan fingerprint density at radius 2 is 2.12 bits per heavy atom. The van der Waals surface area contributed by atoms with Gasteiger partial charge in [0.05, 0.1) is 4.92 Å². The molecule has 9 heteroatoms. The monoisotopic (exact) mass is 274 g/mol. The maximum absolute atomic E-state index is 11.6. The number of hydrazine groups is 1. The van der Waals surface area contributed by atoms with Gasteiger partial charge in [0.15, 0.2) is 5.11 Å². The van der Waals surface area contributed by atoms with Crippen LogP contribution in [-0.4, -0.2) is 15.9 Å². The number of nitrogens with zero attached hydrogens (tertiary/aromatic N) is 1. The van der Waals surface area contributed by atoms with E-state index in [2.05, 4.69) is 23.1 Å². The summed E-state index contributed by atoms with van der Waals surface area (Å²) >= 11 is 10.1. The molecule has 0 saturated heterocycles. The predicted octanol–water partition coefficient (Wildman–Crippen LogP) is 0.726. The summed E-state index contributed by atoms with van der Waals surface area (Å²) in [5.74, 6) is -0.757. The number of rotatable bonds is 2. The number of benzene rings is 1. The third kappa shape index (κ3) is 3.54. The highest BCUT2D eigenvalue weighted by molar-refractivity contribution is 7.80. The van der Waals surface area contributed by atoms with E-state index in [1.165, 1.54) is 12.1 Å². The second-order valence-corrected chi connectivity index (χ2v) is 3.74. The average molecular weight is 275 g/mol. The van der Waals surface area contributed by atoms with E-state index < -0.39 is 10.8 Å². The molecule has 0 radical (unpaired) electrons. The van der Waals surface area contributed by atoms with Crippen molar-refractivity contribution in [2.45, 2.75) is 0 Å². The number of nitro benzene ring substituents is 1. The first-order valence-corrected chi connectivity index (χ1v) is 5.00. The highest BCUT2D eigenvalue weighted by Gasteiger charge is 2.20. The molecular formula is C8H7ClN4O3S. The zero-order valence-electron chi connectivity index (χ0n) is 8.27. The molecule has 1 amide bonds. The maximum Gasteiger partial charge on any atom is 0.282 e. The molecule has 1 aromatic rings. The van der Waals surface area contributed by atoms with Crippen molar-refractivity contribution in [1.82, 2.24) is 10.9 Å². The number of carbonyl (C=O) groups is 1. The Hall–Kier alpha value is -1.93. The quantitative estimate of drug-likeness (QED) is 0.416. The number of thiocarbonyl (C=S) groups is 1. The molecule has 0 aliphatic rings. The van der Waals surface area contributed by atoms with Gasteiger partial charge in [-0.05, 0) is 24.4 Å². The molecule has 0 aliphatic heterocycles. The summed E-state index contributed by atoms with van der Waals surface area (Å²) in [4.78, 5) is 21.6. The molecule has 0 aromatic heterocycles. The van der Waals surface area contributed by atoms with E-state index in [-0.39, 0.29) is 21.4 Å². The number of hydrogen-bond acceptors (Lipinski definition) is 4. The number of carbonyl (C=O) groups excluding carboxylic acids is 1. The molecule has 0 bridgehead atoms. The SMILES string of the molecule is NC(=S)NNC(=O)c1cc(Cl)ccc1[N+](=O)[O-]. The maximum atomic E-state index is 11.6. The first kappa shape index (κ1) is 13.1. The van der Waals surface area contributed by atoms with Crippen LogP contribution in [0.4, 0.5) is 5.69 Å². The molecule has 0 atom stereocenters. The lowest BCUT2D eigenvalue weighted by molar-refractivity contribution is -0.385. The van der Waals surface area contributed by atoms with Crippen LogP contribution in [-0.2, 0) is 0 Å². The molecule has 0 aliphatic carbocycles. The number of nitrogens with two attached hydrogens (primary N) is 1. The minimum atomic E-state index is -0.757. The van der Waals surface area contributed by atoms with Crippen LogP contribution in [0, 0.1) is 10.1 Å². The van der Waals surface area contributed by atoms with Gasteiger partial charge in [-0.3, -0.25) is 25.8 Å². The summed E-state index contributed by atoms with van der Waals surface area (Å²) in [5, 5.41) is 10.7. The lowest BCUT2D eigenvalue weighted by atomic mass is 10.2. The smallest absolute Gasteiger partial charge is 0.282 e. The van der Waals surface area contributed by atoms with Gasteiger partial charge in [0.1, 0.15) is 5.56 Å². The zero-order chi connectivity index (χ0) is 13.0. The fourth-order valence-corrected chi connectivity index (χ4v) is 1.26. The molecule has 0 fully saturated rings.